The van der Waals surface area contributed by atoms with Gasteiger partial charge in [-0.25, -0.2) is 4.99 Å². The predicted octanol–water partition coefficient (Wildman–Crippen LogP) is -0.527. The van der Waals surface area contributed by atoms with E-state index in [2.05, 4.69) is 16.9 Å². The number of carbonyl (C=O) groups excluding carboxylic acids is 2. The number of nitrogens with zero attached hydrogens (tertiary/aromatic N) is 1. The number of allylic oxidation sites excluding steroid dienone is 1. The normalized spacial score (nSPS) is 8.89. The molecule has 9 heavy (non-hydrogen) atoms. The molecule has 4 heteroatoms. The first kappa shape index (κ1) is 7.55. The van der Waals surface area contributed by atoms with Gasteiger partial charge < -0.3 is 5.32 Å². The molecule has 0 spiro atoms. The van der Waals surface area contributed by atoms with Crippen molar-refractivity contribution in [3.63, 3.8) is 0 Å². The molecule has 0 saturated carbocycles. The molecule has 0 unspecified atom stereocenters. The minimum atomic E-state index is 0.0735. The lowest BCUT2D eigenvalue weighted by Crippen LogP contribution is -2.06. The van der Waals surface area contributed by atoms with Crippen LogP contribution in [0, 0.1) is 0 Å². The van der Waals surface area contributed by atoms with Crippen LogP contribution >= 0.6 is 0 Å². The fourth-order valence-electron chi connectivity index (χ4n) is 0.181. The molecule has 0 aromatic carbocycles. The zero-order valence-electron chi connectivity index (χ0n) is 4.70. The smallest absolute Gasteiger partial charge is 0.212 e. The number of amides is 1. The Kier molecular flexibility index (Phi) is 3.95. The summed E-state index contributed by atoms with van der Waals surface area (Å²) in [5.74, 6) is 0. The maximum Gasteiger partial charge on any atom is 0.212 e. The van der Waals surface area contributed by atoms with Gasteiger partial charge in [0.2, 0.25) is 6.41 Å². The molecular weight excluding hydrogens is 120 g/mol. The van der Waals surface area contributed by atoms with E-state index in [9.17, 15) is 9.59 Å². The van der Waals surface area contributed by atoms with Gasteiger partial charge in [0.25, 0.3) is 0 Å². The van der Waals surface area contributed by atoms with Crippen LogP contribution in [0.2, 0.25) is 0 Å². The predicted molar refractivity (Wildman–Crippen MR) is 32.9 cm³/mol. The van der Waals surface area contributed by atoms with Crippen LogP contribution in [0.25, 0.3) is 0 Å². The largest absolute Gasteiger partial charge is 0.319 e. The summed E-state index contributed by atoms with van der Waals surface area (Å²) in [5.41, 5.74) is 0.0735. The molecular formula is C5H6N2O2. The number of aliphatic imine (C=N–C) groups is 1. The highest BCUT2D eigenvalue weighted by Crippen LogP contribution is 1.79. The molecule has 0 fully saturated rings. The van der Waals surface area contributed by atoms with Crippen molar-refractivity contribution in [3.8, 4) is 0 Å². The van der Waals surface area contributed by atoms with E-state index in [0.717, 1.165) is 6.34 Å². The first-order valence-corrected chi connectivity index (χ1v) is 2.17. The third kappa shape index (κ3) is 4.40. The van der Waals surface area contributed by atoms with Gasteiger partial charge in [-0.05, 0) is 0 Å². The summed E-state index contributed by atoms with van der Waals surface area (Å²) in [4.78, 5) is 22.7. The lowest BCUT2D eigenvalue weighted by Gasteiger charge is -1.82. The maximum atomic E-state index is 9.77. The summed E-state index contributed by atoms with van der Waals surface area (Å²) >= 11 is 0. The maximum absolute atomic E-state index is 9.77. The van der Waals surface area contributed by atoms with Gasteiger partial charge in [-0.1, -0.05) is 6.58 Å². The summed E-state index contributed by atoms with van der Waals surface area (Å²) in [6, 6.07) is 0. The Labute approximate surface area is 52.3 Å². The van der Waals surface area contributed by atoms with E-state index in [4.69, 9.17) is 0 Å². The zero-order chi connectivity index (χ0) is 7.11. The molecule has 0 radical (unpaired) electrons. The summed E-state index contributed by atoms with van der Waals surface area (Å²) in [6.45, 7) is 3.22. The lowest BCUT2D eigenvalue weighted by atomic mass is 10.6. The van der Waals surface area contributed by atoms with E-state index in [0.29, 0.717) is 12.7 Å². The Morgan fingerprint density at radius 2 is 2.22 bits per heavy atom. The zero-order valence-corrected chi connectivity index (χ0v) is 4.70. The Hall–Kier alpha value is -1.45. The molecule has 0 atom stereocenters. The highest BCUT2D eigenvalue weighted by atomic mass is 16.1. The Morgan fingerprint density at radius 1 is 1.56 bits per heavy atom. The molecule has 1 N–H and O–H groups in total. The third-order valence-electron chi connectivity index (χ3n) is 0.509. The van der Waals surface area contributed by atoms with E-state index in [1.54, 1.807) is 0 Å². The van der Waals surface area contributed by atoms with Crippen molar-refractivity contribution in [1.29, 1.82) is 0 Å². The van der Waals surface area contributed by atoms with Crippen LogP contribution in [-0.2, 0) is 9.59 Å². The fraction of sp³-hybridized carbons (Fsp3) is 0. The minimum absolute atomic E-state index is 0.0735. The number of hydrogen-bond donors (Lipinski definition) is 1. The molecule has 0 saturated heterocycles. The molecule has 0 aromatic rings. The van der Waals surface area contributed by atoms with Gasteiger partial charge in [0.15, 0.2) is 6.29 Å². The van der Waals surface area contributed by atoms with Crippen molar-refractivity contribution in [2.75, 3.05) is 0 Å². The molecule has 1 amide bonds. The Balaban J connectivity index is 3.56. The number of aldehydes is 1. The first-order valence-electron chi connectivity index (χ1n) is 2.17. The second-order valence-corrected chi connectivity index (χ2v) is 1.15. The molecule has 0 bridgehead atoms. The van der Waals surface area contributed by atoms with Crippen LogP contribution in [0.3, 0.4) is 0 Å². The number of rotatable bonds is 4. The van der Waals surface area contributed by atoms with E-state index in [1.165, 1.54) is 0 Å². The monoisotopic (exact) mass is 126 g/mol. The van der Waals surface area contributed by atoms with Crippen molar-refractivity contribution in [1.82, 2.24) is 5.32 Å². The number of hydrogen-bond acceptors (Lipinski definition) is 3. The lowest BCUT2D eigenvalue weighted by molar-refractivity contribution is -0.108. The number of nitrogens with one attached hydrogen (secondary N) is 1. The van der Waals surface area contributed by atoms with Crippen molar-refractivity contribution >= 4 is 19.0 Å². The Bertz CT molecular complexity index is 151. The highest BCUT2D eigenvalue weighted by Gasteiger charge is 1.78. The fourth-order valence-corrected chi connectivity index (χ4v) is 0.181. The van der Waals surface area contributed by atoms with E-state index in [1.807, 2.05) is 0 Å². The molecule has 0 aliphatic heterocycles. The Morgan fingerprint density at radius 3 is 2.67 bits per heavy atom. The molecule has 0 aliphatic carbocycles. The molecule has 48 valence electrons. The highest BCUT2D eigenvalue weighted by molar-refractivity contribution is 5.78. The third-order valence-corrected chi connectivity index (χ3v) is 0.509. The van der Waals surface area contributed by atoms with Crippen molar-refractivity contribution in [3.05, 3.63) is 12.3 Å². The van der Waals surface area contributed by atoms with Gasteiger partial charge >= 0.3 is 0 Å². The van der Waals surface area contributed by atoms with Gasteiger partial charge in [0.1, 0.15) is 0 Å². The van der Waals surface area contributed by atoms with Crippen LogP contribution in [0.15, 0.2) is 17.3 Å². The average molecular weight is 126 g/mol. The summed E-state index contributed by atoms with van der Waals surface area (Å²) < 4.78 is 0. The van der Waals surface area contributed by atoms with Gasteiger partial charge in [0.05, 0.1) is 12.0 Å². The van der Waals surface area contributed by atoms with Gasteiger partial charge in [-0.15, -0.1) is 0 Å². The molecule has 0 rings (SSSR count). The molecule has 0 aliphatic rings. The minimum Gasteiger partial charge on any atom is -0.319 e. The van der Waals surface area contributed by atoms with Crippen molar-refractivity contribution in [2.45, 2.75) is 0 Å². The summed E-state index contributed by atoms with van der Waals surface area (Å²) in [5, 5.41) is 2.12. The van der Waals surface area contributed by atoms with Gasteiger partial charge in [-0.3, -0.25) is 9.59 Å². The SMILES string of the molecule is C=C(C=O)N=CNC=O. The molecule has 0 heterocycles. The van der Waals surface area contributed by atoms with Crippen LogP contribution in [0.5, 0.6) is 0 Å². The van der Waals surface area contributed by atoms with Crippen LogP contribution in [0.1, 0.15) is 0 Å². The van der Waals surface area contributed by atoms with Crippen LogP contribution in [-0.4, -0.2) is 19.0 Å². The van der Waals surface area contributed by atoms with Crippen LogP contribution < -0.4 is 5.32 Å². The molecule has 4 nitrogen and oxygen atoms in total. The van der Waals surface area contributed by atoms with Crippen LogP contribution in [0.4, 0.5) is 0 Å². The standard InChI is InChI=1S/C5H6N2O2/c1-5(2-8)7-3-6-4-9/h2-4H,1H2,(H,6,7,9). The van der Waals surface area contributed by atoms with E-state index in [-0.39, 0.29) is 5.70 Å². The topological polar surface area (TPSA) is 58.5 Å². The van der Waals surface area contributed by atoms with E-state index < -0.39 is 0 Å². The average Bonchev–Trinajstić information content (AvgIpc) is 1.89. The van der Waals surface area contributed by atoms with E-state index >= 15 is 0 Å². The second-order valence-electron chi connectivity index (χ2n) is 1.15. The molecule has 0 aromatic heterocycles. The number of carbonyl (C=O) groups is 2. The van der Waals surface area contributed by atoms with Gasteiger partial charge in [0, 0.05) is 0 Å². The van der Waals surface area contributed by atoms with Gasteiger partial charge in [-0.2, -0.15) is 0 Å². The second kappa shape index (κ2) is 4.70. The first-order chi connectivity index (χ1) is 4.31. The van der Waals surface area contributed by atoms with Crippen molar-refractivity contribution < 1.29 is 9.59 Å². The quantitative estimate of drug-likeness (QED) is 0.238. The summed E-state index contributed by atoms with van der Waals surface area (Å²) in [6.07, 6.45) is 2.02. The van der Waals surface area contributed by atoms with Crippen molar-refractivity contribution in [2.24, 2.45) is 4.99 Å². The summed E-state index contributed by atoms with van der Waals surface area (Å²) in [7, 11) is 0.